The van der Waals surface area contributed by atoms with Gasteiger partial charge >= 0.3 is 0 Å². The Kier molecular flexibility index (Phi) is 5.76. The number of nitrogens with zero attached hydrogens (tertiary/aromatic N) is 7. The van der Waals surface area contributed by atoms with Crippen molar-refractivity contribution in [3.8, 4) is 0 Å². The molecule has 13 heteroatoms. The Hall–Kier alpha value is -3.45. The van der Waals surface area contributed by atoms with Gasteiger partial charge in [-0.05, 0) is 69.7 Å². The van der Waals surface area contributed by atoms with Crippen molar-refractivity contribution in [1.29, 1.82) is 0 Å². The lowest BCUT2D eigenvalue weighted by Gasteiger charge is -2.20. The molecule has 38 heavy (non-hydrogen) atoms. The maximum absolute atomic E-state index is 14.3. The standard InChI is InChI=1S/C25H30FN9O2S/c1-14-9-22(34(4)33-14)29-24-32-27-13-35(24)20-8-7-16-17(20)11-21(38(36,37)28-12-25(2,3)26)18-10-19(15-5-6-15)30-31-23(16)18/h9-11,13,15,20,28H,5-8,12H2,1-4H3,(H,29,32)/t20-/m1/s1. The van der Waals surface area contributed by atoms with Gasteiger partial charge in [0, 0.05) is 31.0 Å². The first kappa shape index (κ1) is 24.9. The van der Waals surface area contributed by atoms with Crippen molar-refractivity contribution >= 4 is 32.7 Å². The monoisotopic (exact) mass is 539 g/mol. The minimum absolute atomic E-state index is 0.0871. The molecule has 1 saturated carbocycles. The van der Waals surface area contributed by atoms with Gasteiger partial charge in [0.2, 0.25) is 16.0 Å². The van der Waals surface area contributed by atoms with Crippen LogP contribution >= 0.6 is 0 Å². The smallest absolute Gasteiger partial charge is 0.241 e. The molecule has 0 spiro atoms. The topological polar surface area (TPSA) is 133 Å². The van der Waals surface area contributed by atoms with E-state index in [4.69, 9.17) is 0 Å². The van der Waals surface area contributed by atoms with Gasteiger partial charge in [-0.2, -0.15) is 10.2 Å². The van der Waals surface area contributed by atoms with Gasteiger partial charge in [-0.1, -0.05) is 0 Å². The molecular formula is C25H30FN9O2S. The summed E-state index contributed by atoms with van der Waals surface area (Å²) in [6.45, 7) is 4.25. The number of aromatic nitrogens is 7. The highest BCUT2D eigenvalue weighted by molar-refractivity contribution is 7.89. The molecular weight excluding hydrogens is 509 g/mol. The zero-order chi connectivity index (χ0) is 26.8. The van der Waals surface area contributed by atoms with E-state index in [0.29, 0.717) is 35.6 Å². The minimum Gasteiger partial charge on any atom is -0.309 e. The molecule has 6 rings (SSSR count). The fourth-order valence-corrected chi connectivity index (χ4v) is 6.51. The van der Waals surface area contributed by atoms with Crippen molar-refractivity contribution < 1.29 is 12.8 Å². The molecule has 1 aromatic carbocycles. The predicted octanol–water partition coefficient (Wildman–Crippen LogP) is 3.45. The third kappa shape index (κ3) is 4.53. The number of nitrogens with one attached hydrogen (secondary N) is 2. The molecule has 0 radical (unpaired) electrons. The zero-order valence-electron chi connectivity index (χ0n) is 21.7. The first-order valence-corrected chi connectivity index (χ1v) is 14.2. The molecule has 4 aromatic rings. The van der Waals surface area contributed by atoms with Crippen LogP contribution in [0.1, 0.15) is 67.6 Å². The normalized spacial score (nSPS) is 17.8. The number of rotatable bonds is 8. The highest BCUT2D eigenvalue weighted by atomic mass is 32.2. The first-order valence-electron chi connectivity index (χ1n) is 12.7. The summed E-state index contributed by atoms with van der Waals surface area (Å²) in [5.41, 5.74) is 2.30. The van der Waals surface area contributed by atoms with Crippen molar-refractivity contribution in [2.75, 3.05) is 11.9 Å². The van der Waals surface area contributed by atoms with E-state index >= 15 is 0 Å². The van der Waals surface area contributed by atoms with Crippen LogP contribution in [-0.4, -0.2) is 55.4 Å². The summed E-state index contributed by atoms with van der Waals surface area (Å²) in [5.74, 6) is 1.58. The lowest BCUT2D eigenvalue weighted by molar-refractivity contribution is 0.221. The number of anilines is 2. The second kappa shape index (κ2) is 8.80. The van der Waals surface area contributed by atoms with Gasteiger partial charge in [0.1, 0.15) is 17.8 Å². The molecule has 0 bridgehead atoms. The van der Waals surface area contributed by atoms with Crippen LogP contribution in [0.4, 0.5) is 16.2 Å². The molecule has 0 saturated heterocycles. The van der Waals surface area contributed by atoms with Crippen molar-refractivity contribution in [3.05, 3.63) is 47.0 Å². The van der Waals surface area contributed by atoms with Crippen molar-refractivity contribution in [1.82, 2.24) is 39.5 Å². The fourth-order valence-electron chi connectivity index (χ4n) is 5.09. The molecule has 2 aliphatic carbocycles. The average molecular weight is 540 g/mol. The number of aryl methyl sites for hydroxylation is 3. The van der Waals surface area contributed by atoms with Crippen molar-refractivity contribution in [2.24, 2.45) is 7.05 Å². The summed E-state index contributed by atoms with van der Waals surface area (Å²) in [6, 6.07) is 5.24. The largest absolute Gasteiger partial charge is 0.309 e. The molecule has 1 atom stereocenters. The van der Waals surface area contributed by atoms with E-state index in [-0.39, 0.29) is 17.5 Å². The van der Waals surface area contributed by atoms with Crippen molar-refractivity contribution in [2.45, 2.75) is 69.0 Å². The van der Waals surface area contributed by atoms with Crippen LogP contribution in [0.15, 0.2) is 29.4 Å². The molecule has 1 fully saturated rings. The Morgan fingerprint density at radius 1 is 1.13 bits per heavy atom. The molecule has 0 aliphatic heterocycles. The second-order valence-corrected chi connectivity index (χ2v) is 12.6. The molecule has 3 aromatic heterocycles. The quantitative estimate of drug-likeness (QED) is 0.348. The van der Waals surface area contributed by atoms with Crippen LogP contribution in [0.2, 0.25) is 0 Å². The van der Waals surface area contributed by atoms with Gasteiger partial charge in [-0.3, -0.25) is 9.25 Å². The summed E-state index contributed by atoms with van der Waals surface area (Å²) >= 11 is 0. The van der Waals surface area contributed by atoms with Gasteiger partial charge in [0.05, 0.1) is 27.8 Å². The van der Waals surface area contributed by atoms with E-state index in [9.17, 15) is 12.8 Å². The number of halogens is 1. The highest BCUT2D eigenvalue weighted by Crippen LogP contribution is 2.44. The van der Waals surface area contributed by atoms with E-state index < -0.39 is 15.7 Å². The molecule has 3 heterocycles. The fraction of sp³-hybridized carbons (Fsp3) is 0.480. The number of fused-ring (bicyclic) bond motifs is 3. The molecule has 200 valence electrons. The number of sulfonamides is 1. The molecule has 11 nitrogen and oxygen atoms in total. The summed E-state index contributed by atoms with van der Waals surface area (Å²) in [5, 5.41) is 25.5. The van der Waals surface area contributed by atoms with Crippen LogP contribution in [0.3, 0.4) is 0 Å². The van der Waals surface area contributed by atoms with Crippen LogP contribution in [0, 0.1) is 6.92 Å². The van der Waals surface area contributed by atoms with Gasteiger partial charge in [-0.15, -0.1) is 15.3 Å². The molecule has 0 amide bonds. The van der Waals surface area contributed by atoms with Crippen LogP contribution in [0.5, 0.6) is 0 Å². The number of hydrogen-bond acceptors (Lipinski definition) is 8. The summed E-state index contributed by atoms with van der Waals surface area (Å²) in [7, 11) is -2.21. The minimum atomic E-state index is -4.04. The van der Waals surface area contributed by atoms with E-state index in [2.05, 4.69) is 35.5 Å². The Morgan fingerprint density at radius 3 is 2.61 bits per heavy atom. The van der Waals surface area contributed by atoms with E-state index in [1.54, 1.807) is 17.1 Å². The summed E-state index contributed by atoms with van der Waals surface area (Å²) in [6.07, 6.45) is 5.07. The van der Waals surface area contributed by atoms with Gasteiger partial charge in [-0.25, -0.2) is 17.5 Å². The molecule has 2 aliphatic rings. The van der Waals surface area contributed by atoms with E-state index in [1.807, 2.05) is 30.7 Å². The molecule has 0 unspecified atom stereocenters. The number of alkyl halides is 1. The Morgan fingerprint density at radius 2 is 1.92 bits per heavy atom. The van der Waals surface area contributed by atoms with E-state index in [0.717, 1.165) is 41.2 Å². The third-order valence-corrected chi connectivity index (χ3v) is 8.59. The Balaban J connectivity index is 1.46. The summed E-state index contributed by atoms with van der Waals surface area (Å²) < 4.78 is 47.5. The van der Waals surface area contributed by atoms with Gasteiger partial charge < -0.3 is 5.32 Å². The third-order valence-electron chi connectivity index (χ3n) is 7.14. The van der Waals surface area contributed by atoms with Crippen molar-refractivity contribution in [3.63, 3.8) is 0 Å². The first-order chi connectivity index (χ1) is 18.0. The van der Waals surface area contributed by atoms with Crippen LogP contribution in [0.25, 0.3) is 10.9 Å². The average Bonchev–Trinajstić information content (AvgIpc) is 3.33. The van der Waals surface area contributed by atoms with Crippen LogP contribution < -0.4 is 10.0 Å². The predicted molar refractivity (Wildman–Crippen MR) is 140 cm³/mol. The van der Waals surface area contributed by atoms with Crippen LogP contribution in [-0.2, 0) is 23.5 Å². The maximum Gasteiger partial charge on any atom is 0.241 e. The Labute approximate surface area is 219 Å². The van der Waals surface area contributed by atoms with Gasteiger partial charge in [0.25, 0.3) is 0 Å². The Bertz CT molecular complexity index is 1650. The zero-order valence-corrected chi connectivity index (χ0v) is 22.5. The summed E-state index contributed by atoms with van der Waals surface area (Å²) in [4.78, 5) is 0.0871. The highest BCUT2D eigenvalue weighted by Gasteiger charge is 2.34. The number of benzene rings is 1. The maximum atomic E-state index is 14.3. The molecule has 2 N–H and O–H groups in total. The van der Waals surface area contributed by atoms with Gasteiger partial charge in [0.15, 0.2) is 0 Å². The number of hydrogen-bond donors (Lipinski definition) is 2. The second-order valence-electron chi connectivity index (χ2n) is 10.8. The van der Waals surface area contributed by atoms with E-state index in [1.165, 1.54) is 13.8 Å². The lowest BCUT2D eigenvalue weighted by atomic mass is 10.0. The SMILES string of the molecule is Cc1cc(Nc2nncn2[C@@H]2CCc3c2cc(S(=O)(=O)NCC(C)(C)F)c2cc(C4CC4)nnc32)n(C)n1. The lowest BCUT2D eigenvalue weighted by Crippen LogP contribution is -2.35.